The fourth-order valence-electron chi connectivity index (χ4n) is 10.8. The molecule has 0 spiro atoms. The number of hydrogen-bond acceptors (Lipinski definition) is 0. The van der Waals surface area contributed by atoms with Gasteiger partial charge in [0, 0.05) is 13.4 Å². The van der Waals surface area contributed by atoms with E-state index >= 15 is 0 Å². The molecule has 0 aromatic heterocycles. The third-order valence-corrected chi connectivity index (χ3v) is 16.6. The van der Waals surface area contributed by atoms with E-state index in [4.69, 9.17) is 0 Å². The van der Waals surface area contributed by atoms with Crippen LogP contribution in [0.5, 0.6) is 0 Å². The summed E-state index contributed by atoms with van der Waals surface area (Å²) in [6.07, 6.45) is 0. The van der Waals surface area contributed by atoms with E-state index in [1.54, 1.807) is 0 Å². The van der Waals surface area contributed by atoms with Crippen molar-refractivity contribution in [3.8, 4) is 66.8 Å². The lowest BCUT2D eigenvalue weighted by Gasteiger charge is -2.16. The van der Waals surface area contributed by atoms with Crippen LogP contribution in [0.4, 0.5) is 0 Å². The fourth-order valence-corrected chi connectivity index (χ4v) is 12.8. The molecule has 324 valence electrons. The lowest BCUT2D eigenvalue weighted by atomic mass is 9.88. The summed E-state index contributed by atoms with van der Waals surface area (Å²) in [4.78, 5) is 0. The van der Waals surface area contributed by atoms with Crippen LogP contribution in [-0.4, -0.2) is 0 Å². The monoisotopic (exact) mass is 1070 g/mol. The molecule has 0 heterocycles. The van der Waals surface area contributed by atoms with Crippen molar-refractivity contribution in [2.45, 2.75) is 0 Å². The Labute approximate surface area is 425 Å². The first-order chi connectivity index (χ1) is 34.0. The highest BCUT2D eigenvalue weighted by Gasteiger charge is 2.18. The second kappa shape index (κ2) is 17.1. The Bertz CT molecular complexity index is 3570. The summed E-state index contributed by atoms with van der Waals surface area (Å²) in [6, 6.07) is 86.9. The molecule has 0 aliphatic rings. The third-order valence-electron chi connectivity index (χ3n) is 14.1. The van der Waals surface area contributed by atoms with Crippen LogP contribution in [0.2, 0.25) is 0 Å². The van der Waals surface area contributed by atoms with E-state index in [1.165, 1.54) is 131 Å². The molecule has 0 unspecified atom stereocenters. The highest BCUT2D eigenvalue weighted by atomic mass is 79.9. The molecule has 0 atom stereocenters. The van der Waals surface area contributed by atoms with Crippen LogP contribution in [0.25, 0.3) is 131 Å². The minimum absolute atomic E-state index is 1.14. The molecule has 3 heteroatoms. The number of halogens is 3. The summed E-state index contributed by atoms with van der Waals surface area (Å²) in [6.45, 7) is 0. The van der Waals surface area contributed by atoms with Gasteiger partial charge in [-0.1, -0.05) is 218 Å². The first kappa shape index (κ1) is 42.0. The molecule has 0 saturated heterocycles. The molecule has 0 fully saturated rings. The normalized spacial score (nSPS) is 11.7. The van der Waals surface area contributed by atoms with Crippen molar-refractivity contribution in [3.63, 3.8) is 0 Å². The average Bonchev–Trinajstić information content (AvgIpc) is 3.42. The van der Waals surface area contributed by atoms with Gasteiger partial charge < -0.3 is 0 Å². The molecule has 0 nitrogen and oxygen atoms in total. The Morgan fingerprint density at radius 1 is 0.159 bits per heavy atom. The van der Waals surface area contributed by atoms with Gasteiger partial charge in [0.25, 0.3) is 0 Å². The zero-order valence-corrected chi connectivity index (χ0v) is 41.9. The third kappa shape index (κ3) is 7.06. The molecule has 13 rings (SSSR count). The predicted molar refractivity (Wildman–Crippen MR) is 307 cm³/mol. The van der Waals surface area contributed by atoms with Crippen LogP contribution < -0.4 is 0 Å². The lowest BCUT2D eigenvalue weighted by Crippen LogP contribution is -1.90. The second-order valence-electron chi connectivity index (χ2n) is 17.9. The van der Waals surface area contributed by atoms with Gasteiger partial charge in [-0.25, -0.2) is 0 Å². The molecule has 0 N–H and O–H groups in total. The molecule has 0 saturated carbocycles. The van der Waals surface area contributed by atoms with Crippen molar-refractivity contribution >= 4 is 112 Å². The summed E-state index contributed by atoms with van der Waals surface area (Å²) >= 11 is 11.9. The van der Waals surface area contributed by atoms with Gasteiger partial charge in [0.2, 0.25) is 0 Å². The zero-order valence-electron chi connectivity index (χ0n) is 37.2. The minimum atomic E-state index is 1.14. The van der Waals surface area contributed by atoms with Gasteiger partial charge in [0.05, 0.1) is 0 Å². The highest BCUT2D eigenvalue weighted by molar-refractivity contribution is 9.11. The number of rotatable bonds is 6. The molecule has 0 aliphatic carbocycles. The van der Waals surface area contributed by atoms with Gasteiger partial charge in [0.1, 0.15) is 0 Å². The Balaban J connectivity index is 0.952. The van der Waals surface area contributed by atoms with Gasteiger partial charge >= 0.3 is 0 Å². The Morgan fingerprint density at radius 2 is 0.319 bits per heavy atom. The van der Waals surface area contributed by atoms with E-state index in [0.717, 1.165) is 13.4 Å². The largest absolute Gasteiger partial charge is 0.0616 e. The van der Waals surface area contributed by atoms with Gasteiger partial charge in [-0.15, -0.1) is 0 Å². The van der Waals surface area contributed by atoms with E-state index in [2.05, 4.69) is 284 Å². The molecule has 0 radical (unpaired) electrons. The summed E-state index contributed by atoms with van der Waals surface area (Å²) in [5.41, 5.74) is 14.4. The maximum atomic E-state index is 3.95. The molecule has 69 heavy (non-hydrogen) atoms. The Morgan fingerprint density at radius 3 is 0.507 bits per heavy atom. The van der Waals surface area contributed by atoms with Crippen LogP contribution in [0, 0.1) is 0 Å². The Kier molecular flexibility index (Phi) is 10.4. The first-order valence-corrected chi connectivity index (χ1v) is 25.6. The van der Waals surface area contributed by atoms with Crippen molar-refractivity contribution in [1.29, 1.82) is 0 Å². The van der Waals surface area contributed by atoms with Crippen molar-refractivity contribution in [3.05, 3.63) is 250 Å². The quantitative estimate of drug-likeness (QED) is 0.146. The van der Waals surface area contributed by atoms with E-state index < -0.39 is 0 Å². The summed E-state index contributed by atoms with van der Waals surface area (Å²) < 4.78 is 3.41. The van der Waals surface area contributed by atoms with Crippen LogP contribution in [-0.2, 0) is 0 Å². The fraction of sp³-hybridized carbons (Fsp3) is 0. The topological polar surface area (TPSA) is 0 Å². The SMILES string of the molecule is Brc1c2ccccc2c(-c2ccc(-c3cc(-c4ccc(-c5c6ccccc6c(Br)c6ccccc56)cc4)cc(-c4ccc(-c5c6ccccc6c(Br)c6ccccc56)cc4)c3)cc2)c2ccccc12. The number of fused-ring (bicyclic) bond motifs is 6. The molecule has 0 amide bonds. The van der Waals surface area contributed by atoms with E-state index in [9.17, 15) is 0 Å². The maximum absolute atomic E-state index is 3.95. The van der Waals surface area contributed by atoms with Gasteiger partial charge in [0.15, 0.2) is 0 Å². The molecular formula is C66H39Br3. The van der Waals surface area contributed by atoms with Crippen LogP contribution in [0.3, 0.4) is 0 Å². The van der Waals surface area contributed by atoms with Gasteiger partial charge in [-0.05, 0) is 197 Å². The Hall–Kier alpha value is -7.14. The molecule has 13 aromatic rings. The van der Waals surface area contributed by atoms with Gasteiger partial charge in [-0.3, -0.25) is 0 Å². The number of benzene rings is 13. The van der Waals surface area contributed by atoms with E-state index in [-0.39, 0.29) is 0 Å². The lowest BCUT2D eigenvalue weighted by molar-refractivity contribution is 1.56. The molecule has 0 aliphatic heterocycles. The van der Waals surface area contributed by atoms with Crippen molar-refractivity contribution in [2.75, 3.05) is 0 Å². The second-order valence-corrected chi connectivity index (χ2v) is 20.3. The summed E-state index contributed by atoms with van der Waals surface area (Å²) in [5, 5.41) is 14.7. The number of hydrogen-bond donors (Lipinski definition) is 0. The standard InChI is InChI=1S/C66H39Br3/c67-64-55-19-7-1-13-49(55)61(50-14-2-8-20-56(50)64)43-31-25-40(26-32-43)46-37-47(41-27-33-44(34-28-41)62-51-15-3-9-21-57(51)65(68)58-22-10-4-16-52(58)62)39-48(38-46)42-29-35-45(36-30-42)63-53-17-5-11-23-59(53)66(69)60-24-12-6-18-54(60)63/h1-39H. The molecule has 0 bridgehead atoms. The molecular weight excluding hydrogens is 1030 g/mol. The van der Waals surface area contributed by atoms with E-state index in [0.29, 0.717) is 0 Å². The summed E-state index contributed by atoms with van der Waals surface area (Å²) in [5.74, 6) is 0. The predicted octanol–water partition coefficient (Wildman–Crippen LogP) is 20.9. The van der Waals surface area contributed by atoms with E-state index in [1.807, 2.05) is 0 Å². The van der Waals surface area contributed by atoms with Crippen LogP contribution >= 0.6 is 47.8 Å². The first-order valence-electron chi connectivity index (χ1n) is 23.2. The zero-order chi connectivity index (χ0) is 46.2. The van der Waals surface area contributed by atoms with Crippen molar-refractivity contribution in [2.24, 2.45) is 0 Å². The maximum Gasteiger partial charge on any atom is 0.0332 e. The van der Waals surface area contributed by atoms with Crippen LogP contribution in [0.1, 0.15) is 0 Å². The van der Waals surface area contributed by atoms with Crippen LogP contribution in [0.15, 0.2) is 250 Å². The van der Waals surface area contributed by atoms with Crippen molar-refractivity contribution in [1.82, 2.24) is 0 Å². The molecule has 13 aromatic carbocycles. The summed E-state index contributed by atoms with van der Waals surface area (Å²) in [7, 11) is 0. The smallest absolute Gasteiger partial charge is 0.0332 e. The van der Waals surface area contributed by atoms with Gasteiger partial charge in [-0.2, -0.15) is 0 Å². The average molecular weight is 1070 g/mol. The van der Waals surface area contributed by atoms with Crippen molar-refractivity contribution < 1.29 is 0 Å². The highest BCUT2D eigenvalue weighted by Crippen LogP contribution is 2.46. The minimum Gasteiger partial charge on any atom is -0.0616 e.